The molecule has 0 aliphatic heterocycles. The number of hydrogen-bond donors (Lipinski definition) is 1. The Hall–Kier alpha value is -6.14. The topological polar surface area (TPSA) is 77.2 Å². The quantitative estimate of drug-likeness (QED) is 0.206. The van der Waals surface area contributed by atoms with Crippen molar-refractivity contribution in [1.29, 1.82) is 0 Å². The second-order valence-electron chi connectivity index (χ2n) is 14.4. The van der Waals surface area contributed by atoms with E-state index >= 15 is 0 Å². The summed E-state index contributed by atoms with van der Waals surface area (Å²) in [5.41, 5.74) is 9.91. The third-order valence-corrected chi connectivity index (χ3v) is 11.3. The second kappa shape index (κ2) is 9.95. The molecule has 1 aliphatic carbocycles. The van der Waals surface area contributed by atoms with E-state index in [-0.39, 0.29) is 16.6 Å². The van der Waals surface area contributed by atoms with E-state index in [1.165, 1.54) is 0 Å². The Bertz CT molecular complexity index is 2850. The molecule has 50 heavy (non-hydrogen) atoms. The van der Waals surface area contributed by atoms with Gasteiger partial charge in [0.25, 0.3) is 0 Å². The number of phenols is 1. The SMILES string of the molecule is CC1(C)c2ccc(-c3cn(-c4ccc5c(c4)oc4ccccc45)c(-c4cccc5oc6ccccc6c45)n3)nc2-c2c(O)cccc2C1(C)C. The molecule has 10 rings (SSSR count). The van der Waals surface area contributed by atoms with Crippen molar-refractivity contribution in [3.05, 3.63) is 133 Å². The minimum atomic E-state index is -0.237. The number of hydrogen-bond acceptors (Lipinski definition) is 5. The van der Waals surface area contributed by atoms with Gasteiger partial charge in [-0.1, -0.05) is 94.4 Å². The first kappa shape index (κ1) is 28.8. The van der Waals surface area contributed by atoms with Crippen LogP contribution in [-0.4, -0.2) is 19.6 Å². The molecule has 1 aliphatic rings. The number of para-hydroxylation sites is 2. The first-order valence-corrected chi connectivity index (χ1v) is 17.0. The number of pyridine rings is 1. The summed E-state index contributed by atoms with van der Waals surface area (Å²) in [6.07, 6.45) is 2.05. The minimum absolute atomic E-state index is 0.229. The zero-order valence-electron chi connectivity index (χ0n) is 28.2. The first-order valence-electron chi connectivity index (χ1n) is 17.0. The van der Waals surface area contributed by atoms with Crippen LogP contribution in [0.3, 0.4) is 0 Å². The van der Waals surface area contributed by atoms with Crippen molar-refractivity contribution in [2.75, 3.05) is 0 Å². The summed E-state index contributed by atoms with van der Waals surface area (Å²) in [6, 6.07) is 38.7. The molecule has 242 valence electrons. The molecule has 6 heteroatoms. The van der Waals surface area contributed by atoms with Crippen LogP contribution in [0, 0.1) is 0 Å². The van der Waals surface area contributed by atoms with E-state index in [4.69, 9.17) is 18.8 Å². The van der Waals surface area contributed by atoms with E-state index in [1.54, 1.807) is 6.07 Å². The fourth-order valence-corrected chi connectivity index (χ4v) is 8.00. The highest BCUT2D eigenvalue weighted by Crippen LogP contribution is 2.55. The molecule has 0 saturated heterocycles. The highest BCUT2D eigenvalue weighted by Gasteiger charge is 2.47. The molecule has 1 N–H and O–H groups in total. The lowest BCUT2D eigenvalue weighted by Crippen LogP contribution is -2.43. The molecule has 0 unspecified atom stereocenters. The molecule has 6 nitrogen and oxygen atoms in total. The third-order valence-electron chi connectivity index (χ3n) is 11.3. The van der Waals surface area contributed by atoms with Gasteiger partial charge in [-0.25, -0.2) is 9.97 Å². The fourth-order valence-electron chi connectivity index (χ4n) is 8.00. The van der Waals surface area contributed by atoms with Gasteiger partial charge < -0.3 is 13.9 Å². The molecular formula is C44H33N3O3. The summed E-state index contributed by atoms with van der Waals surface area (Å²) in [5, 5.41) is 15.4. The molecule has 0 radical (unpaired) electrons. The summed E-state index contributed by atoms with van der Waals surface area (Å²) < 4.78 is 14.7. The maximum absolute atomic E-state index is 11.2. The van der Waals surface area contributed by atoms with Crippen molar-refractivity contribution in [2.45, 2.75) is 38.5 Å². The van der Waals surface area contributed by atoms with Gasteiger partial charge in [0.05, 0.1) is 17.1 Å². The lowest BCUT2D eigenvalue weighted by Gasteiger charge is -2.47. The Balaban J connectivity index is 1.23. The van der Waals surface area contributed by atoms with Gasteiger partial charge in [-0.15, -0.1) is 0 Å². The number of fused-ring (bicyclic) bond motifs is 9. The largest absolute Gasteiger partial charge is 0.507 e. The second-order valence-corrected chi connectivity index (χ2v) is 14.4. The highest BCUT2D eigenvalue weighted by atomic mass is 16.3. The van der Waals surface area contributed by atoms with Crippen LogP contribution in [0.1, 0.15) is 38.8 Å². The van der Waals surface area contributed by atoms with Crippen LogP contribution in [-0.2, 0) is 10.8 Å². The normalized spacial score (nSPS) is 14.8. The van der Waals surface area contributed by atoms with Gasteiger partial charge in [0.1, 0.15) is 39.6 Å². The van der Waals surface area contributed by atoms with Crippen molar-refractivity contribution in [3.63, 3.8) is 0 Å². The van der Waals surface area contributed by atoms with Crippen LogP contribution in [0.25, 0.3) is 83.6 Å². The average Bonchev–Trinajstić information content (AvgIpc) is 3.84. The van der Waals surface area contributed by atoms with Gasteiger partial charge in [0.2, 0.25) is 0 Å². The number of nitrogens with zero attached hydrogens (tertiary/aromatic N) is 3. The number of rotatable bonds is 3. The molecule has 4 heterocycles. The molecule has 0 fully saturated rings. The summed E-state index contributed by atoms with van der Waals surface area (Å²) in [4.78, 5) is 10.6. The van der Waals surface area contributed by atoms with Gasteiger partial charge in [-0.3, -0.25) is 4.57 Å². The molecule has 0 saturated carbocycles. The third kappa shape index (κ3) is 3.84. The van der Waals surface area contributed by atoms with Crippen molar-refractivity contribution in [2.24, 2.45) is 0 Å². The van der Waals surface area contributed by atoms with Gasteiger partial charge in [0, 0.05) is 50.4 Å². The smallest absolute Gasteiger partial charge is 0.146 e. The van der Waals surface area contributed by atoms with E-state index in [2.05, 4.69) is 93.1 Å². The van der Waals surface area contributed by atoms with E-state index in [0.717, 1.165) is 94.7 Å². The molecule has 0 bridgehead atoms. The van der Waals surface area contributed by atoms with E-state index in [9.17, 15) is 5.11 Å². The lowest BCUT2D eigenvalue weighted by atomic mass is 9.56. The van der Waals surface area contributed by atoms with Crippen molar-refractivity contribution >= 4 is 43.9 Å². The van der Waals surface area contributed by atoms with Crippen molar-refractivity contribution in [1.82, 2.24) is 14.5 Å². The maximum Gasteiger partial charge on any atom is 0.146 e. The van der Waals surface area contributed by atoms with Gasteiger partial charge >= 0.3 is 0 Å². The summed E-state index contributed by atoms with van der Waals surface area (Å²) in [7, 11) is 0. The van der Waals surface area contributed by atoms with Crippen molar-refractivity contribution in [3.8, 4) is 45.5 Å². The number of aromatic hydroxyl groups is 1. The van der Waals surface area contributed by atoms with Crippen molar-refractivity contribution < 1.29 is 13.9 Å². The van der Waals surface area contributed by atoms with Gasteiger partial charge in [0.15, 0.2) is 0 Å². The zero-order chi connectivity index (χ0) is 33.9. The van der Waals surface area contributed by atoms with E-state index in [0.29, 0.717) is 0 Å². The van der Waals surface area contributed by atoms with Crippen LogP contribution < -0.4 is 0 Å². The molecular weight excluding hydrogens is 619 g/mol. The number of furan rings is 2. The Morgan fingerprint density at radius 3 is 2.10 bits per heavy atom. The van der Waals surface area contributed by atoms with E-state index in [1.807, 2.05) is 54.6 Å². The predicted octanol–water partition coefficient (Wildman–Crippen LogP) is 11.3. The zero-order valence-corrected chi connectivity index (χ0v) is 28.2. The molecule has 4 aromatic heterocycles. The number of phenolic OH excluding ortho intramolecular Hbond substituents is 1. The van der Waals surface area contributed by atoms with Crippen LogP contribution in [0.15, 0.2) is 130 Å². The molecule has 9 aromatic rings. The highest BCUT2D eigenvalue weighted by molar-refractivity contribution is 6.12. The van der Waals surface area contributed by atoms with Crippen LogP contribution >= 0.6 is 0 Å². The lowest BCUT2D eigenvalue weighted by molar-refractivity contribution is 0.296. The standard InChI is InChI=1S/C44H33N3O3/c1-43(2)30-14-10-15-34(48)40(30)41-31(44(43,3)4)21-22-32(45-41)33-24-47(25-19-20-27-26-11-5-7-16-35(26)50-38(27)23-25)42(46-33)29-13-9-18-37-39(29)28-12-6-8-17-36(28)49-37/h5-24,48H,1-4H3. The Labute approximate surface area is 288 Å². The summed E-state index contributed by atoms with van der Waals surface area (Å²) in [5.74, 6) is 0.998. The number of benzene rings is 5. The first-order chi connectivity index (χ1) is 24.2. The van der Waals surface area contributed by atoms with Crippen LogP contribution in [0.5, 0.6) is 5.75 Å². The number of imidazole rings is 1. The predicted molar refractivity (Wildman–Crippen MR) is 200 cm³/mol. The minimum Gasteiger partial charge on any atom is -0.507 e. The molecule has 0 amide bonds. The molecule has 5 aromatic carbocycles. The number of aromatic nitrogens is 3. The van der Waals surface area contributed by atoms with Gasteiger partial charge in [-0.05, 0) is 59.0 Å². The monoisotopic (exact) mass is 651 g/mol. The Kier molecular flexibility index (Phi) is 5.74. The fraction of sp³-hybridized carbons (Fsp3) is 0.136. The Morgan fingerprint density at radius 2 is 1.26 bits per heavy atom. The molecule has 0 atom stereocenters. The van der Waals surface area contributed by atoms with Crippen LogP contribution in [0.4, 0.5) is 0 Å². The maximum atomic E-state index is 11.2. The average molecular weight is 652 g/mol. The van der Waals surface area contributed by atoms with Gasteiger partial charge in [-0.2, -0.15) is 0 Å². The van der Waals surface area contributed by atoms with Crippen LogP contribution in [0.2, 0.25) is 0 Å². The summed E-state index contributed by atoms with van der Waals surface area (Å²) >= 11 is 0. The summed E-state index contributed by atoms with van der Waals surface area (Å²) in [6.45, 7) is 9.01. The molecule has 0 spiro atoms. The van der Waals surface area contributed by atoms with E-state index < -0.39 is 0 Å². The Morgan fingerprint density at radius 1 is 0.580 bits per heavy atom.